The van der Waals surface area contributed by atoms with Gasteiger partial charge in [0.15, 0.2) is 5.82 Å². The van der Waals surface area contributed by atoms with Crippen LogP contribution in [0.3, 0.4) is 0 Å². The predicted octanol–water partition coefficient (Wildman–Crippen LogP) is 8.27. The molecule has 0 spiro atoms. The van der Waals surface area contributed by atoms with Crippen LogP contribution in [0.1, 0.15) is 61.3 Å². The van der Waals surface area contributed by atoms with Crippen LogP contribution in [0.4, 0.5) is 4.39 Å². The number of hydrogen-bond acceptors (Lipinski definition) is 7. The van der Waals surface area contributed by atoms with Gasteiger partial charge < -0.3 is 14.4 Å². The van der Waals surface area contributed by atoms with Crippen LogP contribution in [0.5, 0.6) is 0 Å². The fraction of sp³-hybridized carbons (Fsp3) is 0.464. The van der Waals surface area contributed by atoms with Crippen molar-refractivity contribution in [3.8, 4) is 11.3 Å². The van der Waals surface area contributed by atoms with Gasteiger partial charge in [-0.15, -0.1) is 11.3 Å². The van der Waals surface area contributed by atoms with Gasteiger partial charge in [0.2, 0.25) is 0 Å². The molecule has 7 rings (SSSR count). The number of pyridine rings is 1. The third-order valence-corrected chi connectivity index (χ3v) is 10.8. The normalized spacial score (nSPS) is 28.5. The molecule has 0 saturated heterocycles. The Morgan fingerprint density at radius 1 is 1.21 bits per heavy atom. The van der Waals surface area contributed by atoms with Crippen LogP contribution in [0.15, 0.2) is 33.5 Å². The zero-order valence-electron chi connectivity index (χ0n) is 21.0. The summed E-state index contributed by atoms with van der Waals surface area (Å²) in [6.45, 7) is 2.50. The minimum absolute atomic E-state index is 0.0303. The van der Waals surface area contributed by atoms with Gasteiger partial charge in [-0.3, -0.25) is 4.98 Å². The van der Waals surface area contributed by atoms with E-state index in [1.807, 2.05) is 6.07 Å². The van der Waals surface area contributed by atoms with Crippen molar-refractivity contribution in [1.82, 2.24) is 15.1 Å². The third kappa shape index (κ3) is 4.35. The summed E-state index contributed by atoms with van der Waals surface area (Å²) in [6.07, 6.45) is 7.40. The summed E-state index contributed by atoms with van der Waals surface area (Å²) in [5.74, 6) is 1.00. The molecule has 1 aromatic carbocycles. The molecule has 3 aliphatic carbocycles. The van der Waals surface area contributed by atoms with E-state index in [4.69, 9.17) is 32.5 Å². The summed E-state index contributed by atoms with van der Waals surface area (Å²) >= 11 is 17.7. The maximum Gasteiger partial charge on any atom is 0.151 e. The first kappa shape index (κ1) is 26.3. The Morgan fingerprint density at radius 2 is 1.97 bits per heavy atom. The van der Waals surface area contributed by atoms with Crippen LogP contribution in [0.25, 0.3) is 21.5 Å². The first-order chi connectivity index (χ1) is 18.7. The van der Waals surface area contributed by atoms with E-state index >= 15 is 0 Å². The first-order valence-corrected chi connectivity index (χ1v) is 15.5. The SMILES string of the molecule is C[C@H]1C[C@@H]2C[C@@H](OCc3c(-c4c(Cl)cncc4Cl)noc3C3CC3)C[C@H]1[C@]2(O)c1nc2c(F)cc(Br)cc2s1. The van der Waals surface area contributed by atoms with Crippen LogP contribution in [-0.2, 0) is 16.9 Å². The number of nitrogens with zero attached hydrogens (tertiary/aromatic N) is 3. The van der Waals surface area contributed by atoms with Crippen molar-refractivity contribution in [1.29, 1.82) is 0 Å². The number of fused-ring (bicyclic) bond motifs is 3. The fourth-order valence-corrected chi connectivity index (χ4v) is 9.05. The highest BCUT2D eigenvalue weighted by molar-refractivity contribution is 9.10. The van der Waals surface area contributed by atoms with E-state index in [0.29, 0.717) is 67.6 Å². The molecule has 39 heavy (non-hydrogen) atoms. The van der Waals surface area contributed by atoms with E-state index in [1.54, 1.807) is 12.4 Å². The maximum absolute atomic E-state index is 14.6. The van der Waals surface area contributed by atoms with Gasteiger partial charge >= 0.3 is 0 Å². The van der Waals surface area contributed by atoms with Crippen molar-refractivity contribution < 1.29 is 18.8 Å². The number of hydrogen-bond donors (Lipinski definition) is 1. The van der Waals surface area contributed by atoms with Crippen LogP contribution >= 0.6 is 50.5 Å². The minimum Gasteiger partial charge on any atom is -0.382 e. The van der Waals surface area contributed by atoms with Crippen molar-refractivity contribution in [2.45, 2.75) is 63.3 Å². The lowest BCUT2D eigenvalue weighted by molar-refractivity contribution is -0.120. The van der Waals surface area contributed by atoms with Crippen LogP contribution in [0, 0.1) is 23.6 Å². The summed E-state index contributed by atoms with van der Waals surface area (Å²) < 4.78 is 28.3. The van der Waals surface area contributed by atoms with Crippen molar-refractivity contribution in [2.24, 2.45) is 17.8 Å². The molecule has 2 bridgehead atoms. The van der Waals surface area contributed by atoms with Crippen molar-refractivity contribution >= 4 is 60.7 Å². The van der Waals surface area contributed by atoms with E-state index < -0.39 is 5.60 Å². The molecule has 0 unspecified atom stereocenters. The summed E-state index contributed by atoms with van der Waals surface area (Å²) in [5.41, 5.74) is 1.30. The molecule has 3 aliphatic rings. The number of thiazole rings is 1. The smallest absolute Gasteiger partial charge is 0.151 e. The van der Waals surface area contributed by atoms with Gasteiger partial charge in [-0.2, -0.15) is 0 Å². The molecule has 11 heteroatoms. The number of ether oxygens (including phenoxy) is 1. The Bertz CT molecular complexity index is 1570. The highest BCUT2D eigenvalue weighted by Gasteiger charge is 2.59. The van der Waals surface area contributed by atoms with Crippen molar-refractivity contribution in [3.05, 3.63) is 61.2 Å². The van der Waals surface area contributed by atoms with E-state index in [-0.39, 0.29) is 23.8 Å². The Labute approximate surface area is 247 Å². The Morgan fingerprint density at radius 3 is 2.69 bits per heavy atom. The van der Waals surface area contributed by atoms with Crippen molar-refractivity contribution in [3.63, 3.8) is 0 Å². The Kier molecular flexibility index (Phi) is 6.57. The van der Waals surface area contributed by atoms with Gasteiger partial charge in [-0.25, -0.2) is 9.37 Å². The second kappa shape index (κ2) is 9.74. The Balaban J connectivity index is 1.16. The van der Waals surface area contributed by atoms with E-state index in [9.17, 15) is 9.50 Å². The molecule has 4 aromatic rings. The van der Waals surface area contributed by atoms with E-state index in [2.05, 4.69) is 38.0 Å². The highest BCUT2D eigenvalue weighted by atomic mass is 79.9. The molecule has 204 valence electrons. The predicted molar refractivity (Wildman–Crippen MR) is 151 cm³/mol. The molecular formula is C28H25BrCl2FN3O3S. The van der Waals surface area contributed by atoms with Gasteiger partial charge in [0.1, 0.15) is 27.6 Å². The van der Waals surface area contributed by atoms with E-state index in [1.165, 1.54) is 17.4 Å². The molecular weight excluding hydrogens is 628 g/mol. The second-order valence-electron chi connectivity index (χ2n) is 11.1. The average Bonchev–Trinajstić information content (AvgIpc) is 3.48. The van der Waals surface area contributed by atoms with E-state index in [0.717, 1.165) is 35.3 Å². The molecule has 5 atom stereocenters. The number of rotatable bonds is 6. The topological polar surface area (TPSA) is 81.3 Å². The number of benzene rings is 1. The summed E-state index contributed by atoms with van der Waals surface area (Å²) in [7, 11) is 0. The van der Waals surface area contributed by atoms with Crippen LogP contribution < -0.4 is 0 Å². The van der Waals surface area contributed by atoms with Gasteiger partial charge in [0.05, 0.1) is 27.5 Å². The fourth-order valence-electron chi connectivity index (χ4n) is 6.67. The molecule has 3 heterocycles. The maximum atomic E-state index is 14.6. The minimum atomic E-state index is -1.10. The standard InChI is InChI=1S/C28H25BrCl2FN3O3S/c1-12-4-14-5-16(8-18(12)28(14,36)27-34-25-21(32)6-15(29)7-22(25)39-27)37-11-17-24(35-38-26(17)13-2-3-13)23-19(30)9-33-10-20(23)31/h6-7,9-10,12-14,16,18,36H,2-5,8,11H2,1H3/t12-,14+,16+,18+,28-/m0/s1. The lowest BCUT2D eigenvalue weighted by atomic mass is 9.72. The molecule has 3 aromatic heterocycles. The molecule has 1 N–H and O–H groups in total. The average molecular weight is 653 g/mol. The molecule has 0 radical (unpaired) electrons. The summed E-state index contributed by atoms with van der Waals surface area (Å²) in [5, 5.41) is 17.9. The monoisotopic (exact) mass is 651 g/mol. The van der Waals surface area contributed by atoms with Gasteiger partial charge in [0.25, 0.3) is 0 Å². The second-order valence-corrected chi connectivity index (χ2v) is 13.9. The number of halogens is 4. The summed E-state index contributed by atoms with van der Waals surface area (Å²) in [4.78, 5) is 8.68. The highest BCUT2D eigenvalue weighted by Crippen LogP contribution is 2.59. The molecule has 0 amide bonds. The van der Waals surface area contributed by atoms with Gasteiger partial charge in [-0.1, -0.05) is 51.2 Å². The van der Waals surface area contributed by atoms with Crippen LogP contribution in [0.2, 0.25) is 10.0 Å². The van der Waals surface area contributed by atoms with Crippen molar-refractivity contribution in [2.75, 3.05) is 0 Å². The molecule has 0 aliphatic heterocycles. The lowest BCUT2D eigenvalue weighted by Crippen LogP contribution is -2.45. The zero-order chi connectivity index (χ0) is 27.1. The quantitative estimate of drug-likeness (QED) is 0.226. The lowest BCUT2D eigenvalue weighted by Gasteiger charge is -2.41. The molecule has 3 fully saturated rings. The number of aromatic nitrogens is 3. The first-order valence-electron chi connectivity index (χ1n) is 13.1. The largest absolute Gasteiger partial charge is 0.382 e. The Hall–Kier alpha value is -1.62. The molecule has 3 saturated carbocycles. The number of aliphatic hydroxyl groups is 1. The molecule has 6 nitrogen and oxygen atoms in total. The van der Waals surface area contributed by atoms with Crippen LogP contribution in [-0.4, -0.2) is 26.3 Å². The van der Waals surface area contributed by atoms with Gasteiger partial charge in [-0.05, 0) is 62.0 Å². The summed E-state index contributed by atoms with van der Waals surface area (Å²) in [6, 6.07) is 3.28. The third-order valence-electron chi connectivity index (χ3n) is 8.67. The zero-order valence-corrected chi connectivity index (χ0v) is 24.9. The van der Waals surface area contributed by atoms with Gasteiger partial charge in [0, 0.05) is 33.9 Å².